The van der Waals surface area contributed by atoms with Crippen LogP contribution in [-0.4, -0.2) is 27.6 Å². The molecule has 0 amide bonds. The van der Waals surface area contributed by atoms with Crippen molar-refractivity contribution in [2.24, 2.45) is 0 Å². The minimum absolute atomic E-state index is 0.00878. The number of pyridine rings is 1. The van der Waals surface area contributed by atoms with Gasteiger partial charge in [0.2, 0.25) is 0 Å². The lowest BCUT2D eigenvalue weighted by atomic mass is 10.2. The molecule has 0 spiro atoms. The van der Waals surface area contributed by atoms with Crippen LogP contribution in [0.4, 0.5) is 0 Å². The Labute approximate surface area is 194 Å². The van der Waals surface area contributed by atoms with Crippen molar-refractivity contribution < 1.29 is 19.1 Å². The highest BCUT2D eigenvalue weighted by Gasteiger charge is 2.17. The smallest absolute Gasteiger partial charge is 0.345 e. The van der Waals surface area contributed by atoms with Crippen molar-refractivity contribution in [2.45, 2.75) is 17.9 Å². The van der Waals surface area contributed by atoms with Crippen molar-refractivity contribution in [1.29, 1.82) is 0 Å². The van der Waals surface area contributed by atoms with Gasteiger partial charge in [0.05, 0.1) is 12.0 Å². The Balaban J connectivity index is 1.50. The molecule has 166 valence electrons. The van der Waals surface area contributed by atoms with Crippen LogP contribution in [0.2, 0.25) is 0 Å². The highest BCUT2D eigenvalue weighted by atomic mass is 32.2. The number of methoxy groups -OCH3 is 1. The molecule has 0 atom stereocenters. The second kappa shape index (κ2) is 10.1. The fourth-order valence-electron chi connectivity index (χ4n) is 3.17. The summed E-state index contributed by atoms with van der Waals surface area (Å²) in [6.07, 6.45) is 2.96. The molecule has 7 nitrogen and oxygen atoms in total. The number of hydrogen-bond acceptors (Lipinski definition) is 7. The summed E-state index contributed by atoms with van der Waals surface area (Å²) < 4.78 is 11.6. The maximum absolute atomic E-state index is 12.9. The molecule has 0 aliphatic carbocycles. The highest BCUT2D eigenvalue weighted by molar-refractivity contribution is 8.13. The lowest BCUT2D eigenvalue weighted by molar-refractivity contribution is -0.110. The number of fused-ring (bicyclic) bond motifs is 1. The van der Waals surface area contributed by atoms with Gasteiger partial charge in [0.15, 0.2) is 10.8 Å². The molecular weight excluding hydrogens is 440 g/mol. The van der Waals surface area contributed by atoms with Crippen LogP contribution in [0.1, 0.15) is 21.5 Å². The van der Waals surface area contributed by atoms with E-state index in [1.54, 1.807) is 43.5 Å². The summed E-state index contributed by atoms with van der Waals surface area (Å²) in [5.74, 6) is -0.0751. The predicted octanol–water partition coefficient (Wildman–Crippen LogP) is 3.92. The Morgan fingerprint density at radius 2 is 1.73 bits per heavy atom. The molecule has 2 heterocycles. The zero-order valence-electron chi connectivity index (χ0n) is 17.8. The molecule has 4 aromatic rings. The van der Waals surface area contributed by atoms with Crippen molar-refractivity contribution in [1.82, 2.24) is 9.38 Å². The lowest BCUT2D eigenvalue weighted by Gasteiger charge is -2.09. The summed E-state index contributed by atoms with van der Waals surface area (Å²) >= 11 is 1.01. The number of hydrogen-bond donors (Lipinski definition) is 0. The summed E-state index contributed by atoms with van der Waals surface area (Å²) in [6, 6.07) is 19.8. The summed E-state index contributed by atoms with van der Waals surface area (Å²) in [4.78, 5) is 42.7. The van der Waals surface area contributed by atoms with Gasteiger partial charge in [-0.25, -0.2) is 9.78 Å². The normalized spacial score (nSPS) is 10.7. The summed E-state index contributed by atoms with van der Waals surface area (Å²) in [6.45, 7) is 0.00878. The van der Waals surface area contributed by atoms with E-state index in [1.165, 1.54) is 16.8 Å². The average Bonchev–Trinajstić information content (AvgIpc) is 2.84. The van der Waals surface area contributed by atoms with E-state index in [1.807, 2.05) is 30.3 Å². The Kier molecular flexibility index (Phi) is 6.85. The molecule has 0 fully saturated rings. The van der Waals surface area contributed by atoms with E-state index in [4.69, 9.17) is 9.47 Å². The van der Waals surface area contributed by atoms with Crippen molar-refractivity contribution in [2.75, 3.05) is 7.11 Å². The SMILES string of the molecule is COc1ccc(COC(=O)c2cnc3c(SC(=O)Cc4ccccc4)cccn3c2=O)cc1. The Morgan fingerprint density at radius 1 is 0.970 bits per heavy atom. The van der Waals surface area contributed by atoms with Gasteiger partial charge >= 0.3 is 5.97 Å². The molecule has 0 saturated carbocycles. The zero-order valence-corrected chi connectivity index (χ0v) is 18.6. The standard InChI is InChI=1S/C25H20N2O5S/c1-31-19-11-9-18(10-12-19)16-32-25(30)20-15-26-23-21(8-5-13-27(23)24(20)29)33-22(28)14-17-6-3-2-4-7-17/h2-13,15H,14,16H2,1H3. The molecule has 0 radical (unpaired) electrons. The minimum atomic E-state index is -0.768. The van der Waals surface area contributed by atoms with Gasteiger partial charge in [-0.15, -0.1) is 0 Å². The van der Waals surface area contributed by atoms with Gasteiger partial charge in [0.25, 0.3) is 5.56 Å². The number of aromatic nitrogens is 2. The number of carbonyl (C=O) groups excluding carboxylic acids is 2. The van der Waals surface area contributed by atoms with Gasteiger partial charge in [0.1, 0.15) is 17.9 Å². The zero-order chi connectivity index (χ0) is 23.2. The van der Waals surface area contributed by atoms with E-state index in [9.17, 15) is 14.4 Å². The first-order chi connectivity index (χ1) is 16.0. The fourth-order valence-corrected chi connectivity index (χ4v) is 4.04. The maximum atomic E-state index is 12.9. The number of ether oxygens (including phenoxy) is 2. The van der Waals surface area contributed by atoms with E-state index in [2.05, 4.69) is 4.98 Å². The maximum Gasteiger partial charge on any atom is 0.345 e. The number of nitrogens with zero attached hydrogens (tertiary/aromatic N) is 2. The average molecular weight is 461 g/mol. The van der Waals surface area contributed by atoms with E-state index in [0.29, 0.717) is 16.3 Å². The second-order valence-corrected chi connectivity index (χ2v) is 8.20. The van der Waals surface area contributed by atoms with Crippen molar-refractivity contribution in [3.05, 3.63) is 106 Å². The van der Waals surface area contributed by atoms with Gasteiger partial charge in [-0.3, -0.25) is 14.0 Å². The van der Waals surface area contributed by atoms with Crippen molar-refractivity contribution in [3.63, 3.8) is 0 Å². The van der Waals surface area contributed by atoms with E-state index < -0.39 is 11.5 Å². The predicted molar refractivity (Wildman–Crippen MR) is 125 cm³/mol. The van der Waals surface area contributed by atoms with Crippen LogP contribution in [-0.2, 0) is 22.6 Å². The first-order valence-electron chi connectivity index (χ1n) is 10.1. The molecule has 0 saturated heterocycles. The van der Waals surface area contributed by atoms with Gasteiger partial charge in [-0.2, -0.15) is 0 Å². The van der Waals surface area contributed by atoms with E-state index in [0.717, 1.165) is 22.9 Å². The first kappa shape index (κ1) is 22.3. The van der Waals surface area contributed by atoms with Crippen LogP contribution < -0.4 is 10.3 Å². The van der Waals surface area contributed by atoms with Gasteiger partial charge < -0.3 is 9.47 Å². The molecule has 0 aliphatic heterocycles. The number of esters is 1. The molecule has 2 aromatic carbocycles. The summed E-state index contributed by atoms with van der Waals surface area (Å²) in [5, 5.41) is -0.0773. The topological polar surface area (TPSA) is 87.0 Å². The molecule has 33 heavy (non-hydrogen) atoms. The van der Waals surface area contributed by atoms with Crippen LogP contribution in [0, 0.1) is 0 Å². The van der Waals surface area contributed by atoms with Gasteiger partial charge in [-0.1, -0.05) is 42.5 Å². The number of thioether (sulfide) groups is 1. The van der Waals surface area contributed by atoms with Gasteiger partial charge in [-0.05, 0) is 47.2 Å². The molecule has 2 aromatic heterocycles. The monoisotopic (exact) mass is 460 g/mol. The molecular formula is C25H20N2O5S. The molecule has 4 rings (SSSR count). The third-order valence-electron chi connectivity index (χ3n) is 4.86. The molecule has 0 N–H and O–H groups in total. The van der Waals surface area contributed by atoms with Crippen molar-refractivity contribution in [3.8, 4) is 5.75 Å². The lowest BCUT2D eigenvalue weighted by Crippen LogP contribution is -2.24. The Morgan fingerprint density at radius 3 is 2.45 bits per heavy atom. The minimum Gasteiger partial charge on any atom is -0.497 e. The number of rotatable bonds is 7. The number of carbonyl (C=O) groups is 2. The van der Waals surface area contributed by atoms with Crippen molar-refractivity contribution >= 4 is 28.5 Å². The molecule has 8 heteroatoms. The number of benzene rings is 2. The van der Waals surface area contributed by atoms with E-state index in [-0.39, 0.29) is 23.7 Å². The Hall–Kier alpha value is -3.91. The fraction of sp³-hybridized carbons (Fsp3) is 0.120. The third kappa shape index (κ3) is 5.30. The van der Waals surface area contributed by atoms with Crippen LogP contribution in [0.15, 0.2) is 88.8 Å². The van der Waals surface area contributed by atoms with Crippen LogP contribution in [0.25, 0.3) is 5.65 Å². The largest absolute Gasteiger partial charge is 0.497 e. The van der Waals surface area contributed by atoms with E-state index >= 15 is 0 Å². The van der Waals surface area contributed by atoms with Gasteiger partial charge in [0, 0.05) is 18.8 Å². The first-order valence-corrected chi connectivity index (χ1v) is 10.9. The van der Waals surface area contributed by atoms with Crippen LogP contribution in [0.5, 0.6) is 5.75 Å². The Bertz CT molecular complexity index is 1350. The molecule has 0 aliphatic rings. The van der Waals surface area contributed by atoms with Crippen LogP contribution in [0.3, 0.4) is 0 Å². The summed E-state index contributed by atoms with van der Waals surface area (Å²) in [7, 11) is 1.57. The molecule has 0 bridgehead atoms. The highest BCUT2D eigenvalue weighted by Crippen LogP contribution is 2.24. The molecule has 0 unspecified atom stereocenters. The summed E-state index contributed by atoms with van der Waals surface area (Å²) in [5.41, 5.74) is 1.23. The third-order valence-corrected chi connectivity index (χ3v) is 5.77. The second-order valence-electron chi connectivity index (χ2n) is 7.10. The quantitative estimate of drug-likeness (QED) is 0.305. The van der Waals surface area contributed by atoms with Crippen LogP contribution >= 0.6 is 11.8 Å².